The van der Waals surface area contributed by atoms with Crippen LogP contribution in [0.25, 0.3) is 0 Å². The van der Waals surface area contributed by atoms with Crippen molar-refractivity contribution >= 4 is 58.0 Å². The summed E-state index contributed by atoms with van der Waals surface area (Å²) >= 11 is 30.3. The largest absolute Gasteiger partial charge is 0.507 e. The molecule has 158 valence electrons. The van der Waals surface area contributed by atoms with Gasteiger partial charge < -0.3 is 15.3 Å². The molecule has 0 aliphatic heterocycles. The zero-order chi connectivity index (χ0) is 22.0. The summed E-state index contributed by atoms with van der Waals surface area (Å²) in [5.41, 5.74) is 3.01. The maximum Gasteiger partial charge on any atom is 0.123 e. The quantitative estimate of drug-likeness (QED) is 0.305. The van der Waals surface area contributed by atoms with Gasteiger partial charge in [-0.3, -0.25) is 0 Å². The van der Waals surface area contributed by atoms with Crippen molar-refractivity contribution in [2.75, 3.05) is 0 Å². The molecule has 0 atom stereocenters. The van der Waals surface area contributed by atoms with Gasteiger partial charge in [-0.15, -0.1) is 23.2 Å². The van der Waals surface area contributed by atoms with E-state index in [9.17, 15) is 15.3 Å². The van der Waals surface area contributed by atoms with Gasteiger partial charge in [0.2, 0.25) is 0 Å². The number of phenolic OH excluding ortho intramolecular Hbond substituents is 3. The van der Waals surface area contributed by atoms with Gasteiger partial charge in [-0.1, -0.05) is 34.8 Å². The molecule has 0 unspecified atom stereocenters. The lowest BCUT2D eigenvalue weighted by Gasteiger charge is -2.15. The third kappa shape index (κ3) is 5.04. The molecule has 0 aromatic heterocycles. The van der Waals surface area contributed by atoms with Crippen molar-refractivity contribution in [3.63, 3.8) is 0 Å². The average molecular weight is 507 g/mol. The SMILES string of the molecule is Oc1c(CCl)cc(Cl)cc1Cc1cc(Cl)cc(Cc2cc(Cl)cc(CCl)c2O)c1O. The number of hydrogen-bond acceptors (Lipinski definition) is 3. The van der Waals surface area contributed by atoms with Gasteiger partial charge in [-0.2, -0.15) is 0 Å². The van der Waals surface area contributed by atoms with E-state index in [4.69, 9.17) is 58.0 Å². The van der Waals surface area contributed by atoms with Gasteiger partial charge in [0.05, 0.1) is 11.8 Å². The minimum absolute atomic E-state index is 0.00185. The Labute approximate surface area is 199 Å². The second-order valence-corrected chi connectivity index (χ2v) is 8.68. The standard InChI is InChI=1S/C22H17Cl5O3/c23-9-15-7-18(26)5-13(21(15)29)1-11-3-17(25)4-12(20(11)28)2-14-6-19(27)8-16(10-24)22(14)30/h3-8,28-30H,1-2,9-10H2. The van der Waals surface area contributed by atoms with E-state index in [0.29, 0.717) is 48.4 Å². The van der Waals surface area contributed by atoms with E-state index in [0.717, 1.165) is 0 Å². The summed E-state index contributed by atoms with van der Waals surface area (Å²) in [5, 5.41) is 33.0. The van der Waals surface area contributed by atoms with E-state index in [1.807, 2.05) is 0 Å². The molecule has 0 radical (unpaired) electrons. The van der Waals surface area contributed by atoms with Gasteiger partial charge in [0, 0.05) is 61.3 Å². The van der Waals surface area contributed by atoms with Gasteiger partial charge >= 0.3 is 0 Å². The minimum atomic E-state index is -0.00185. The normalized spacial score (nSPS) is 11.1. The van der Waals surface area contributed by atoms with Crippen LogP contribution in [-0.2, 0) is 24.6 Å². The molecule has 0 spiro atoms. The Kier molecular flexibility index (Phi) is 7.54. The first-order valence-corrected chi connectivity index (χ1v) is 11.1. The molecule has 30 heavy (non-hydrogen) atoms. The summed E-state index contributed by atoms with van der Waals surface area (Å²) < 4.78 is 0. The predicted molar refractivity (Wildman–Crippen MR) is 124 cm³/mol. The molecule has 0 saturated heterocycles. The lowest BCUT2D eigenvalue weighted by molar-refractivity contribution is 0.455. The number of benzene rings is 3. The fourth-order valence-electron chi connectivity index (χ4n) is 3.31. The summed E-state index contributed by atoms with van der Waals surface area (Å²) in [4.78, 5) is 0. The monoisotopic (exact) mass is 504 g/mol. The second-order valence-electron chi connectivity index (χ2n) is 6.84. The highest BCUT2D eigenvalue weighted by Crippen LogP contribution is 2.37. The Bertz CT molecular complexity index is 1020. The lowest BCUT2D eigenvalue weighted by Crippen LogP contribution is -1.98. The number of hydrogen-bond donors (Lipinski definition) is 3. The van der Waals surface area contributed by atoms with Crippen LogP contribution in [0.4, 0.5) is 0 Å². The molecule has 3 aromatic carbocycles. The van der Waals surface area contributed by atoms with Crippen molar-refractivity contribution in [2.45, 2.75) is 24.6 Å². The highest BCUT2D eigenvalue weighted by Gasteiger charge is 2.17. The number of rotatable bonds is 6. The summed E-state index contributed by atoms with van der Waals surface area (Å²) in [5.74, 6) is 0.244. The molecule has 3 nitrogen and oxygen atoms in total. The first-order valence-electron chi connectivity index (χ1n) is 8.86. The van der Waals surface area contributed by atoms with Crippen LogP contribution in [0.5, 0.6) is 17.2 Å². The van der Waals surface area contributed by atoms with Crippen molar-refractivity contribution in [1.29, 1.82) is 0 Å². The minimum Gasteiger partial charge on any atom is -0.507 e. The van der Waals surface area contributed by atoms with E-state index in [1.54, 1.807) is 36.4 Å². The van der Waals surface area contributed by atoms with Crippen LogP contribution in [0.1, 0.15) is 33.4 Å². The van der Waals surface area contributed by atoms with E-state index >= 15 is 0 Å². The van der Waals surface area contributed by atoms with E-state index in [2.05, 4.69) is 0 Å². The molecule has 8 heteroatoms. The predicted octanol–water partition coefficient (Wildman–Crippen LogP) is 7.42. The van der Waals surface area contributed by atoms with E-state index in [1.165, 1.54) is 0 Å². The maximum absolute atomic E-state index is 10.9. The van der Waals surface area contributed by atoms with Crippen LogP contribution in [0.2, 0.25) is 15.1 Å². The molecule has 3 aromatic rings. The Hall–Kier alpha value is -1.49. The van der Waals surface area contributed by atoms with Crippen molar-refractivity contribution in [2.24, 2.45) is 0 Å². The van der Waals surface area contributed by atoms with Crippen LogP contribution >= 0.6 is 58.0 Å². The molecule has 3 rings (SSSR count). The summed E-state index contributed by atoms with van der Waals surface area (Å²) in [6.45, 7) is 0. The van der Waals surface area contributed by atoms with Crippen LogP contribution in [0.3, 0.4) is 0 Å². The zero-order valence-electron chi connectivity index (χ0n) is 15.5. The van der Waals surface area contributed by atoms with Crippen molar-refractivity contribution in [1.82, 2.24) is 0 Å². The molecule has 0 saturated carbocycles. The fourth-order valence-corrected chi connectivity index (χ4v) is 4.50. The van der Waals surface area contributed by atoms with Gasteiger partial charge in [-0.25, -0.2) is 0 Å². The third-order valence-electron chi connectivity index (χ3n) is 4.75. The number of halogens is 5. The van der Waals surface area contributed by atoms with Crippen LogP contribution in [0, 0.1) is 0 Å². The van der Waals surface area contributed by atoms with E-state index < -0.39 is 0 Å². The summed E-state index contributed by atoms with van der Waals surface area (Å²) in [6.07, 6.45) is 0.369. The van der Waals surface area contributed by atoms with Crippen LogP contribution in [0.15, 0.2) is 36.4 Å². The number of phenols is 3. The Morgan fingerprint density at radius 3 is 0.967 bits per heavy atom. The molecule has 0 aliphatic rings. The molecule has 3 N–H and O–H groups in total. The number of alkyl halides is 2. The number of aromatic hydroxyl groups is 3. The van der Waals surface area contributed by atoms with Crippen molar-refractivity contribution < 1.29 is 15.3 Å². The molecule has 0 bridgehead atoms. The summed E-state index contributed by atoms with van der Waals surface area (Å²) in [7, 11) is 0. The Morgan fingerprint density at radius 2 is 0.700 bits per heavy atom. The molecular weight excluding hydrogens is 490 g/mol. The van der Waals surface area contributed by atoms with Gasteiger partial charge in [0.1, 0.15) is 17.2 Å². The smallest absolute Gasteiger partial charge is 0.123 e. The van der Waals surface area contributed by atoms with Crippen molar-refractivity contribution in [3.05, 3.63) is 84.8 Å². The molecule has 0 heterocycles. The molecule has 0 fully saturated rings. The summed E-state index contributed by atoms with van der Waals surface area (Å²) in [6, 6.07) is 9.64. The van der Waals surface area contributed by atoms with Gasteiger partial charge in [0.25, 0.3) is 0 Å². The highest BCUT2D eigenvalue weighted by atomic mass is 35.5. The van der Waals surface area contributed by atoms with E-state index in [-0.39, 0.29) is 41.9 Å². The van der Waals surface area contributed by atoms with Crippen molar-refractivity contribution in [3.8, 4) is 17.2 Å². The lowest BCUT2D eigenvalue weighted by atomic mass is 9.95. The molecular formula is C22H17Cl5O3. The maximum atomic E-state index is 10.9. The van der Waals surface area contributed by atoms with Crippen LogP contribution in [-0.4, -0.2) is 15.3 Å². The first kappa shape index (κ1) is 23.2. The topological polar surface area (TPSA) is 60.7 Å². The van der Waals surface area contributed by atoms with Gasteiger partial charge in [-0.05, 0) is 36.4 Å². The average Bonchev–Trinajstić information content (AvgIpc) is 2.70. The highest BCUT2D eigenvalue weighted by molar-refractivity contribution is 6.31. The zero-order valence-corrected chi connectivity index (χ0v) is 19.3. The Morgan fingerprint density at radius 1 is 0.467 bits per heavy atom. The Balaban J connectivity index is 2.02. The molecule has 0 amide bonds. The molecule has 0 aliphatic carbocycles. The van der Waals surface area contributed by atoms with Gasteiger partial charge in [0.15, 0.2) is 0 Å². The third-order valence-corrected chi connectivity index (χ3v) is 5.98. The first-order chi connectivity index (χ1) is 14.2. The second kappa shape index (κ2) is 9.76. The van der Waals surface area contributed by atoms with Crippen LogP contribution < -0.4 is 0 Å². The fraction of sp³-hybridized carbons (Fsp3) is 0.182.